The van der Waals surface area contributed by atoms with Gasteiger partial charge in [-0.05, 0) is 42.0 Å². The maximum absolute atomic E-state index is 12.8. The molecule has 0 aliphatic heterocycles. The third-order valence-corrected chi connectivity index (χ3v) is 6.79. The third-order valence-electron chi connectivity index (χ3n) is 5.03. The Labute approximate surface area is 185 Å². The zero-order chi connectivity index (χ0) is 22.0. The lowest BCUT2D eigenvalue weighted by atomic mass is 10.1. The lowest BCUT2D eigenvalue weighted by molar-refractivity contribution is 0.595. The van der Waals surface area contributed by atoms with Gasteiger partial charge >= 0.3 is 0 Å². The lowest BCUT2D eigenvalue weighted by Gasteiger charge is -2.04. The Morgan fingerprint density at radius 3 is 2.34 bits per heavy atom. The van der Waals surface area contributed by atoms with Crippen molar-refractivity contribution in [3.05, 3.63) is 103 Å². The smallest absolute Gasteiger partial charge is 0.243 e. The van der Waals surface area contributed by atoms with Gasteiger partial charge in [-0.3, -0.25) is 4.98 Å². The van der Waals surface area contributed by atoms with E-state index in [1.54, 1.807) is 48.7 Å². The van der Waals surface area contributed by atoms with Gasteiger partial charge in [-0.1, -0.05) is 48.5 Å². The molecule has 0 spiro atoms. The molecule has 0 atom stereocenters. The Kier molecular flexibility index (Phi) is 5.12. The highest BCUT2D eigenvalue weighted by Crippen LogP contribution is 2.21. The number of nitrogens with zero attached hydrogens (tertiary/aromatic N) is 4. The zero-order valence-electron chi connectivity index (χ0n) is 17.0. The SMILES string of the molecule is O=S(=O)(c1ccccc1)c1ccc2nc(NCc3ccc(-c4ccccn4)cc3)nn2c1. The number of anilines is 1. The summed E-state index contributed by atoms with van der Waals surface area (Å²) in [5.74, 6) is 0.424. The van der Waals surface area contributed by atoms with Crippen molar-refractivity contribution >= 4 is 21.4 Å². The van der Waals surface area contributed by atoms with Crippen molar-refractivity contribution < 1.29 is 8.42 Å². The molecule has 0 saturated heterocycles. The van der Waals surface area contributed by atoms with E-state index in [2.05, 4.69) is 20.4 Å². The van der Waals surface area contributed by atoms with Gasteiger partial charge in [-0.2, -0.15) is 4.98 Å². The van der Waals surface area contributed by atoms with Gasteiger partial charge in [0.1, 0.15) is 0 Å². The standard InChI is InChI=1S/C24H19N5O2S/c30-32(31,20-6-2-1-3-7-20)21-13-14-23-27-24(28-29(23)17-21)26-16-18-9-11-19(12-10-18)22-8-4-5-15-25-22/h1-15,17H,16H2,(H,26,28). The van der Waals surface area contributed by atoms with Crippen LogP contribution in [0.15, 0.2) is 107 Å². The van der Waals surface area contributed by atoms with Crippen LogP contribution >= 0.6 is 0 Å². The number of fused-ring (bicyclic) bond motifs is 1. The quantitative estimate of drug-likeness (QED) is 0.424. The van der Waals surface area contributed by atoms with Crippen molar-refractivity contribution in [3.63, 3.8) is 0 Å². The number of pyridine rings is 2. The fourth-order valence-electron chi connectivity index (χ4n) is 3.34. The molecule has 0 bridgehead atoms. The van der Waals surface area contributed by atoms with Crippen molar-refractivity contribution in [2.24, 2.45) is 0 Å². The van der Waals surface area contributed by atoms with Crippen LogP contribution in [0.1, 0.15) is 5.56 Å². The second kappa shape index (κ2) is 8.24. The van der Waals surface area contributed by atoms with E-state index in [0.29, 0.717) is 18.1 Å². The molecule has 0 amide bonds. The Hall–Kier alpha value is -4.04. The van der Waals surface area contributed by atoms with Gasteiger partial charge in [0.15, 0.2) is 5.65 Å². The summed E-state index contributed by atoms with van der Waals surface area (Å²) in [6, 6.07) is 25.5. The molecule has 5 rings (SSSR count). The van der Waals surface area contributed by atoms with Crippen molar-refractivity contribution in [3.8, 4) is 11.3 Å². The predicted octanol–water partition coefficient (Wildman–Crippen LogP) is 4.24. The summed E-state index contributed by atoms with van der Waals surface area (Å²) in [5, 5.41) is 7.57. The molecular weight excluding hydrogens is 422 g/mol. The third kappa shape index (κ3) is 3.95. The molecule has 0 aliphatic rings. The van der Waals surface area contributed by atoms with Gasteiger partial charge in [-0.15, -0.1) is 5.10 Å². The molecule has 3 heterocycles. The number of benzene rings is 2. The average molecular weight is 442 g/mol. The molecular formula is C24H19N5O2S. The maximum atomic E-state index is 12.8. The van der Waals surface area contributed by atoms with E-state index in [1.807, 2.05) is 42.5 Å². The molecule has 32 heavy (non-hydrogen) atoms. The van der Waals surface area contributed by atoms with Crippen LogP contribution in [0.5, 0.6) is 0 Å². The van der Waals surface area contributed by atoms with E-state index in [1.165, 1.54) is 10.7 Å². The molecule has 158 valence electrons. The van der Waals surface area contributed by atoms with Gasteiger partial charge in [-0.25, -0.2) is 12.9 Å². The topological polar surface area (TPSA) is 89.2 Å². The van der Waals surface area contributed by atoms with Crippen LogP contribution < -0.4 is 5.32 Å². The Morgan fingerprint density at radius 1 is 0.812 bits per heavy atom. The van der Waals surface area contributed by atoms with Crippen molar-refractivity contribution in [2.45, 2.75) is 16.3 Å². The van der Waals surface area contributed by atoms with Crippen LogP contribution in [0, 0.1) is 0 Å². The summed E-state index contributed by atoms with van der Waals surface area (Å²) in [7, 11) is -3.62. The molecule has 8 heteroatoms. The number of sulfone groups is 1. The highest BCUT2D eigenvalue weighted by Gasteiger charge is 2.18. The first kappa shape index (κ1) is 19.9. The van der Waals surface area contributed by atoms with Crippen molar-refractivity contribution in [1.82, 2.24) is 19.6 Å². The largest absolute Gasteiger partial charge is 0.349 e. The number of hydrogen-bond acceptors (Lipinski definition) is 6. The summed E-state index contributed by atoms with van der Waals surface area (Å²) in [5.41, 5.74) is 3.60. The Bertz CT molecular complexity index is 1470. The van der Waals surface area contributed by atoms with Crippen LogP contribution in [-0.2, 0) is 16.4 Å². The monoisotopic (exact) mass is 441 g/mol. The van der Waals surface area contributed by atoms with E-state index in [-0.39, 0.29) is 9.79 Å². The minimum Gasteiger partial charge on any atom is -0.349 e. The van der Waals surface area contributed by atoms with Crippen LogP contribution in [0.4, 0.5) is 5.95 Å². The fourth-order valence-corrected chi connectivity index (χ4v) is 4.62. The van der Waals surface area contributed by atoms with Gasteiger partial charge in [0.25, 0.3) is 0 Å². The average Bonchev–Trinajstić information content (AvgIpc) is 3.26. The van der Waals surface area contributed by atoms with Gasteiger partial charge in [0.05, 0.1) is 21.7 Å². The molecule has 3 aromatic heterocycles. The molecule has 0 radical (unpaired) electrons. The molecule has 1 N–H and O–H groups in total. The number of aromatic nitrogens is 4. The van der Waals surface area contributed by atoms with E-state index in [0.717, 1.165) is 16.8 Å². The Morgan fingerprint density at radius 2 is 1.59 bits per heavy atom. The van der Waals surface area contributed by atoms with Gasteiger partial charge < -0.3 is 5.32 Å². The van der Waals surface area contributed by atoms with E-state index in [9.17, 15) is 8.42 Å². The highest BCUT2D eigenvalue weighted by atomic mass is 32.2. The first-order valence-electron chi connectivity index (χ1n) is 10.0. The first-order chi connectivity index (χ1) is 15.6. The lowest BCUT2D eigenvalue weighted by Crippen LogP contribution is -2.04. The van der Waals surface area contributed by atoms with E-state index < -0.39 is 9.84 Å². The number of hydrogen-bond donors (Lipinski definition) is 1. The summed E-state index contributed by atoms with van der Waals surface area (Å²) in [4.78, 5) is 9.19. The second-order valence-corrected chi connectivity index (χ2v) is 9.13. The minimum atomic E-state index is -3.62. The summed E-state index contributed by atoms with van der Waals surface area (Å²) >= 11 is 0. The molecule has 0 unspecified atom stereocenters. The number of rotatable bonds is 6. The predicted molar refractivity (Wildman–Crippen MR) is 122 cm³/mol. The van der Waals surface area contributed by atoms with Crippen molar-refractivity contribution in [1.29, 1.82) is 0 Å². The molecule has 0 fully saturated rings. The van der Waals surface area contributed by atoms with Crippen LogP contribution in [0.2, 0.25) is 0 Å². The summed E-state index contributed by atoms with van der Waals surface area (Å²) < 4.78 is 27.2. The van der Waals surface area contributed by atoms with E-state index in [4.69, 9.17) is 0 Å². The molecule has 7 nitrogen and oxygen atoms in total. The van der Waals surface area contributed by atoms with Crippen molar-refractivity contribution in [2.75, 3.05) is 5.32 Å². The Balaban J connectivity index is 1.32. The fraction of sp³-hybridized carbons (Fsp3) is 0.0417. The van der Waals surface area contributed by atoms with Crippen LogP contribution in [-0.4, -0.2) is 28.0 Å². The minimum absolute atomic E-state index is 0.165. The van der Waals surface area contributed by atoms with Crippen LogP contribution in [0.25, 0.3) is 16.9 Å². The second-order valence-electron chi connectivity index (χ2n) is 7.18. The summed E-state index contributed by atoms with van der Waals surface area (Å²) in [6.07, 6.45) is 3.26. The number of nitrogens with one attached hydrogen (secondary N) is 1. The molecule has 5 aromatic rings. The molecule has 0 saturated carbocycles. The van der Waals surface area contributed by atoms with Gasteiger partial charge in [0, 0.05) is 18.3 Å². The zero-order valence-corrected chi connectivity index (χ0v) is 17.8. The molecule has 2 aromatic carbocycles. The molecule has 0 aliphatic carbocycles. The van der Waals surface area contributed by atoms with Crippen LogP contribution in [0.3, 0.4) is 0 Å². The summed E-state index contributed by atoms with van der Waals surface area (Å²) in [6.45, 7) is 0.536. The van der Waals surface area contributed by atoms with Gasteiger partial charge in [0.2, 0.25) is 15.8 Å². The first-order valence-corrected chi connectivity index (χ1v) is 11.5. The maximum Gasteiger partial charge on any atom is 0.243 e. The normalized spacial score (nSPS) is 11.5. The van der Waals surface area contributed by atoms with E-state index >= 15 is 0 Å². The highest BCUT2D eigenvalue weighted by molar-refractivity contribution is 7.91.